The molecule has 1 heterocycles. The van der Waals surface area contributed by atoms with Crippen molar-refractivity contribution in [1.29, 1.82) is 0 Å². The zero-order valence-electron chi connectivity index (χ0n) is 75.3. The number of piperazine rings is 1. The Kier molecular flexibility index (Phi) is 62.8. The molecule has 0 saturated carbocycles. The summed E-state index contributed by atoms with van der Waals surface area (Å²) in [6.07, 6.45) is -1.87. The normalized spacial score (nSPS) is 18.4. The molecule has 0 aliphatic carbocycles. The van der Waals surface area contributed by atoms with Crippen molar-refractivity contribution < 1.29 is 128 Å². The smallest absolute Gasteiger partial charge is 0.411 e. The molecule has 0 aromatic heterocycles. The number of nitrogens with zero attached hydrogens (tertiary/aromatic N) is 2. The van der Waals surface area contributed by atoms with Crippen LogP contribution in [0.15, 0.2) is 18.2 Å². The number of esters is 1. The molecule has 31 nitrogen and oxygen atoms in total. The number of benzene rings is 1. The summed E-state index contributed by atoms with van der Waals surface area (Å²) < 4.78 is 140. The minimum Gasteiger partial charge on any atom is -0.462 e. The van der Waals surface area contributed by atoms with Gasteiger partial charge < -0.3 is 123 Å². The number of rotatable bonds is 74. The number of carbonyl (C=O) groups excluding carboxylic acids is 3. The van der Waals surface area contributed by atoms with Crippen molar-refractivity contribution in [3.8, 4) is 0 Å². The van der Waals surface area contributed by atoms with E-state index in [4.69, 9.17) is 113 Å². The molecule has 1 aromatic carbocycles. The van der Waals surface area contributed by atoms with Crippen LogP contribution in [0, 0.1) is 6.92 Å². The first-order valence-corrected chi connectivity index (χ1v) is 43.5. The summed E-state index contributed by atoms with van der Waals surface area (Å²) >= 11 is 0. The maximum Gasteiger partial charge on any atom is 0.411 e. The van der Waals surface area contributed by atoms with Gasteiger partial charge in [-0.3, -0.25) is 15.4 Å². The van der Waals surface area contributed by atoms with Crippen molar-refractivity contribution in [2.24, 2.45) is 0 Å². The van der Waals surface area contributed by atoms with Crippen LogP contribution in [0.25, 0.3) is 0 Å². The monoisotopic (exact) mass is 1680 g/mol. The predicted octanol–water partition coefficient (Wildman–Crippen LogP) is 10.8. The van der Waals surface area contributed by atoms with Crippen molar-refractivity contribution in [3.63, 3.8) is 0 Å². The second-order valence-corrected chi connectivity index (χ2v) is 32.5. The molecule has 20 unspecified atom stereocenters. The summed E-state index contributed by atoms with van der Waals surface area (Å²) in [7, 11) is 3.99. The minimum absolute atomic E-state index is 0.0233. The number of carbonyl (C=O) groups is 3. The Morgan fingerprint density at radius 2 is 0.603 bits per heavy atom. The molecule has 116 heavy (non-hydrogen) atoms. The standard InChI is InChI=1S/C84H158N4O27Si/c1-59-26-27-80(38-81(59)86-83(90)95-36-35-94-82(89)28-30-88-33-31-87(32-34-88)29-24-25-37-116-93-23)85-84(91)115-79(21)58-114-78(20)57-113-77(19)56-112-76(18)55-111-75(17)54-110-74(16)53-109-73(15)52-108-72(14)51-107-71(13)50-106-70(12)49-105-69(11)48-104-68(10)47-103-67(9)46-102-66(8)45-101-65(7)44-100-64(6)43-99-63(5)42-98-62(4)41-97-61(3)40-96-60(2)39-92-22/h26-27,38,60-79H,24-25,28-37,39-58H2,1-23H3,(H,85,91)(H,86,90). The molecule has 680 valence electrons. The van der Waals surface area contributed by atoms with Crippen LogP contribution in [0.5, 0.6) is 0 Å². The number of nitrogens with one attached hydrogen (secondary N) is 2. The van der Waals surface area contributed by atoms with Gasteiger partial charge in [0.15, 0.2) is 0 Å². The summed E-state index contributed by atoms with van der Waals surface area (Å²) in [6, 6.07) is 6.15. The van der Waals surface area contributed by atoms with Crippen LogP contribution in [0.3, 0.4) is 0 Å². The van der Waals surface area contributed by atoms with Gasteiger partial charge in [0, 0.05) is 58.3 Å². The lowest BCUT2D eigenvalue weighted by molar-refractivity contribution is -0.145. The first-order chi connectivity index (χ1) is 55.3. The molecule has 1 aliphatic heterocycles. The zero-order chi connectivity index (χ0) is 86.0. The van der Waals surface area contributed by atoms with Gasteiger partial charge in [0.1, 0.15) is 19.3 Å². The molecule has 32 heteroatoms. The van der Waals surface area contributed by atoms with Crippen molar-refractivity contribution in [2.75, 3.05) is 209 Å². The van der Waals surface area contributed by atoms with Gasteiger partial charge >= 0.3 is 18.2 Å². The molecule has 2 rings (SSSR count). The SMILES string of the molecule is COCC(C)OCC(C)OCC(C)OCC(C)OCC(C)OCC(C)OCC(C)OCC(C)OCC(C)OCC(C)OCC(C)OCC(C)OCC(C)OCC(C)OCC(C)OCC(C)OCC(C)OCC(C)OCC(C)OCC(C)OC(=O)Nc1ccc(C)c(NC(=O)OCCOC(=O)CCN2CCN(CCCC[Si]OC)CC2)c1. The predicted molar refractivity (Wildman–Crippen MR) is 446 cm³/mol. The van der Waals surface area contributed by atoms with E-state index in [0.29, 0.717) is 153 Å². The molecular weight excluding hydrogens is 1530 g/mol. The van der Waals surface area contributed by atoms with Gasteiger partial charge in [0.25, 0.3) is 0 Å². The average molecular weight is 1680 g/mol. The maximum atomic E-state index is 12.8. The Morgan fingerprint density at radius 3 is 0.888 bits per heavy atom. The molecule has 0 bridgehead atoms. The largest absolute Gasteiger partial charge is 0.462 e. The van der Waals surface area contributed by atoms with E-state index >= 15 is 0 Å². The van der Waals surface area contributed by atoms with E-state index in [1.54, 1.807) is 39.3 Å². The highest BCUT2D eigenvalue weighted by Crippen LogP contribution is 2.22. The highest BCUT2D eigenvalue weighted by molar-refractivity contribution is 6.26. The van der Waals surface area contributed by atoms with Crippen LogP contribution in [-0.2, 0) is 118 Å². The molecule has 0 spiro atoms. The number of anilines is 2. The maximum absolute atomic E-state index is 12.8. The first-order valence-electron chi connectivity index (χ1n) is 42.4. The molecule has 1 aliphatic rings. The van der Waals surface area contributed by atoms with Gasteiger partial charge in [-0.15, -0.1) is 0 Å². The topological polar surface area (TPSA) is 303 Å². The van der Waals surface area contributed by atoms with Gasteiger partial charge in [0.05, 0.1) is 255 Å². The van der Waals surface area contributed by atoms with Crippen LogP contribution >= 0.6 is 0 Å². The number of hydrogen-bond donors (Lipinski definition) is 2. The molecule has 1 saturated heterocycles. The fourth-order valence-corrected chi connectivity index (χ4v) is 11.3. The van der Waals surface area contributed by atoms with Crippen molar-refractivity contribution in [2.45, 2.75) is 293 Å². The van der Waals surface area contributed by atoms with Gasteiger partial charge in [-0.25, -0.2) is 9.59 Å². The zero-order valence-corrected chi connectivity index (χ0v) is 76.3. The second kappa shape index (κ2) is 67.1. The summed E-state index contributed by atoms with van der Waals surface area (Å²) in [4.78, 5) is 42.6. The highest BCUT2D eigenvalue weighted by Gasteiger charge is 2.23. The van der Waals surface area contributed by atoms with Crippen molar-refractivity contribution in [1.82, 2.24) is 9.80 Å². The molecule has 1 aromatic rings. The number of ether oxygens (including phenoxy) is 23. The lowest BCUT2D eigenvalue weighted by Crippen LogP contribution is -2.47. The van der Waals surface area contributed by atoms with E-state index in [1.807, 2.05) is 138 Å². The molecule has 20 atom stereocenters. The summed E-state index contributed by atoms with van der Waals surface area (Å²) in [5.41, 5.74) is 1.57. The third-order valence-electron chi connectivity index (χ3n) is 17.9. The van der Waals surface area contributed by atoms with Crippen LogP contribution < -0.4 is 10.6 Å². The number of unbranched alkanes of at least 4 members (excludes halogenated alkanes) is 1. The van der Waals surface area contributed by atoms with E-state index < -0.39 is 18.3 Å². The van der Waals surface area contributed by atoms with E-state index in [9.17, 15) is 14.4 Å². The van der Waals surface area contributed by atoms with Gasteiger partial charge in [-0.2, -0.15) is 0 Å². The quantitative estimate of drug-likeness (QED) is 0.0265. The summed E-state index contributed by atoms with van der Waals surface area (Å²) in [5.74, 6) is -0.336. The Balaban J connectivity index is 1.45. The second-order valence-electron chi connectivity index (χ2n) is 31.3. The van der Waals surface area contributed by atoms with Crippen LogP contribution in [0.4, 0.5) is 21.0 Å². The average Bonchev–Trinajstić information content (AvgIpc) is 0.856. The molecular formula is C84H158N4O27Si. The minimum atomic E-state index is -0.723. The Hall–Kier alpha value is -3.47. The Bertz CT molecular complexity index is 2560. The molecule has 2 N–H and O–H groups in total. The van der Waals surface area contributed by atoms with Gasteiger partial charge in [-0.1, -0.05) is 12.5 Å². The summed E-state index contributed by atoms with van der Waals surface area (Å²) in [5, 5.41) is 5.38. The summed E-state index contributed by atoms with van der Waals surface area (Å²) in [6.45, 7) is 54.5. The Morgan fingerprint density at radius 1 is 0.336 bits per heavy atom. The van der Waals surface area contributed by atoms with E-state index in [1.165, 1.54) is 12.8 Å². The van der Waals surface area contributed by atoms with E-state index in [-0.39, 0.29) is 148 Å². The van der Waals surface area contributed by atoms with Crippen LogP contribution in [0.1, 0.15) is 163 Å². The molecule has 2 radical (unpaired) electrons. The number of hydrogen-bond acceptors (Lipinski definition) is 29. The fourth-order valence-electron chi connectivity index (χ4n) is 10.7. The Labute approximate surface area is 699 Å². The van der Waals surface area contributed by atoms with Crippen LogP contribution in [-0.4, -0.2) is 359 Å². The lowest BCUT2D eigenvalue weighted by Gasteiger charge is -2.34. The molecule has 2 amide bonds. The third-order valence-corrected chi connectivity index (χ3v) is 18.8. The third kappa shape index (κ3) is 60.1. The van der Waals surface area contributed by atoms with Crippen molar-refractivity contribution in [3.05, 3.63) is 23.8 Å². The van der Waals surface area contributed by atoms with Gasteiger partial charge in [0.2, 0.25) is 9.76 Å². The lowest BCUT2D eigenvalue weighted by atomic mass is 10.2. The number of methoxy groups -OCH3 is 1. The highest BCUT2D eigenvalue weighted by atomic mass is 28.2. The first kappa shape index (κ1) is 109. The molecule has 1 fully saturated rings. The van der Waals surface area contributed by atoms with Crippen LogP contribution in [0.2, 0.25) is 6.04 Å². The van der Waals surface area contributed by atoms with E-state index in [2.05, 4.69) is 20.4 Å². The number of amides is 2. The van der Waals surface area contributed by atoms with Gasteiger partial charge in [-0.05, 0) is 182 Å². The number of aryl methyl sites for hydroxylation is 1. The van der Waals surface area contributed by atoms with Crippen molar-refractivity contribution >= 4 is 39.3 Å². The fraction of sp³-hybridized carbons (Fsp3) is 0.893. The van der Waals surface area contributed by atoms with E-state index in [0.717, 1.165) is 44.3 Å².